The van der Waals surface area contributed by atoms with E-state index < -0.39 is 0 Å². The van der Waals surface area contributed by atoms with E-state index >= 15 is 0 Å². The van der Waals surface area contributed by atoms with Gasteiger partial charge in [0.1, 0.15) is 0 Å². The minimum atomic E-state index is -0.157. The van der Waals surface area contributed by atoms with Gasteiger partial charge in [-0.3, -0.25) is 9.78 Å². The van der Waals surface area contributed by atoms with Crippen molar-refractivity contribution in [3.63, 3.8) is 0 Å². The van der Waals surface area contributed by atoms with E-state index in [1.54, 1.807) is 6.20 Å². The fourth-order valence-corrected chi connectivity index (χ4v) is 5.46. The molecule has 3 heterocycles. The maximum atomic E-state index is 12.8. The van der Waals surface area contributed by atoms with E-state index in [1.165, 1.54) is 10.8 Å². The van der Waals surface area contributed by atoms with Gasteiger partial charge in [0.2, 0.25) is 5.91 Å². The van der Waals surface area contributed by atoms with Crippen molar-refractivity contribution in [2.24, 2.45) is 0 Å². The van der Waals surface area contributed by atoms with Crippen molar-refractivity contribution in [3.8, 4) is 5.69 Å². The number of rotatable bonds is 7. The second kappa shape index (κ2) is 10.5. The zero-order valence-corrected chi connectivity index (χ0v) is 21.5. The first kappa shape index (κ1) is 23.9. The Morgan fingerprint density at radius 1 is 0.895 bits per heavy atom. The number of hydrogen-bond acceptors (Lipinski definition) is 3. The van der Waals surface area contributed by atoms with Gasteiger partial charge in [-0.05, 0) is 71.5 Å². The number of pyridine rings is 1. The molecule has 7 heteroatoms. The molecule has 2 N–H and O–H groups in total. The van der Waals surface area contributed by atoms with Crippen molar-refractivity contribution in [2.45, 2.75) is 18.5 Å². The van der Waals surface area contributed by atoms with E-state index in [9.17, 15) is 4.79 Å². The number of hydrogen-bond donors (Lipinski definition) is 2. The molecule has 1 amide bonds. The Morgan fingerprint density at radius 3 is 2.50 bits per heavy atom. The molecule has 0 bridgehead atoms. The number of thiocarbonyl (C=S) groups is 1. The van der Waals surface area contributed by atoms with Crippen LogP contribution in [0.15, 0.2) is 116 Å². The van der Waals surface area contributed by atoms with Gasteiger partial charge in [0, 0.05) is 42.4 Å². The monoisotopic (exact) mass is 517 g/mol. The van der Waals surface area contributed by atoms with E-state index in [0.717, 1.165) is 22.8 Å². The summed E-state index contributed by atoms with van der Waals surface area (Å²) in [6.45, 7) is 0.474. The summed E-state index contributed by atoms with van der Waals surface area (Å²) in [5.41, 5.74) is 3.84. The number of nitrogens with one attached hydrogen (secondary N) is 2. The van der Waals surface area contributed by atoms with Crippen LogP contribution in [0.1, 0.15) is 29.9 Å². The van der Waals surface area contributed by atoms with Crippen LogP contribution in [-0.4, -0.2) is 32.0 Å². The number of carbonyl (C=O) groups excluding carboxylic acids is 1. The molecular formula is C31H27N5OS. The van der Waals surface area contributed by atoms with E-state index in [0.29, 0.717) is 18.1 Å². The molecule has 2 unspecified atom stereocenters. The zero-order valence-electron chi connectivity index (χ0n) is 20.7. The number of aromatic nitrogens is 2. The first-order valence-corrected chi connectivity index (χ1v) is 13.1. The lowest BCUT2D eigenvalue weighted by atomic mass is 10.0. The van der Waals surface area contributed by atoms with Gasteiger partial charge in [-0.15, -0.1) is 0 Å². The number of amides is 1. The normalized spacial score (nSPS) is 16.9. The molecule has 6 nitrogen and oxygen atoms in total. The highest BCUT2D eigenvalue weighted by Crippen LogP contribution is 2.39. The summed E-state index contributed by atoms with van der Waals surface area (Å²) in [4.78, 5) is 19.6. The Morgan fingerprint density at radius 2 is 1.68 bits per heavy atom. The molecule has 2 aromatic heterocycles. The SMILES string of the molecule is O=C(CCN1C(=S)NC(c2ccccn2)C1c1cccn1-c1ccc2ccccc2c1)Nc1ccccc1. The van der Waals surface area contributed by atoms with Gasteiger partial charge in [0.25, 0.3) is 0 Å². The van der Waals surface area contributed by atoms with Gasteiger partial charge in [0.15, 0.2) is 5.11 Å². The maximum Gasteiger partial charge on any atom is 0.226 e. The number of para-hydroxylation sites is 1. The topological polar surface area (TPSA) is 62.2 Å². The summed E-state index contributed by atoms with van der Waals surface area (Å²) in [5, 5.41) is 9.47. The van der Waals surface area contributed by atoms with Crippen LogP contribution in [0.25, 0.3) is 16.5 Å². The highest BCUT2D eigenvalue weighted by molar-refractivity contribution is 7.80. The maximum absolute atomic E-state index is 12.8. The predicted molar refractivity (Wildman–Crippen MR) is 155 cm³/mol. The van der Waals surface area contributed by atoms with Crippen LogP contribution >= 0.6 is 12.2 Å². The van der Waals surface area contributed by atoms with Crippen molar-refractivity contribution in [3.05, 3.63) is 127 Å². The Kier molecular flexibility index (Phi) is 6.58. The second-order valence-corrected chi connectivity index (χ2v) is 9.71. The number of anilines is 1. The molecule has 1 aliphatic heterocycles. The molecule has 0 radical (unpaired) electrons. The molecule has 5 aromatic rings. The third kappa shape index (κ3) is 4.76. The predicted octanol–water partition coefficient (Wildman–Crippen LogP) is 6.03. The number of carbonyl (C=O) groups is 1. The van der Waals surface area contributed by atoms with Gasteiger partial charge in [0.05, 0.1) is 17.8 Å². The summed E-state index contributed by atoms with van der Waals surface area (Å²) >= 11 is 5.82. The third-order valence-electron chi connectivity index (χ3n) is 6.93. The number of nitrogens with zero attached hydrogens (tertiary/aromatic N) is 3. The largest absolute Gasteiger partial charge is 0.352 e. The van der Waals surface area contributed by atoms with Crippen LogP contribution in [0.2, 0.25) is 0 Å². The lowest BCUT2D eigenvalue weighted by molar-refractivity contribution is -0.116. The molecule has 3 aromatic carbocycles. The molecule has 2 atom stereocenters. The lowest BCUT2D eigenvalue weighted by Gasteiger charge is -2.29. The van der Waals surface area contributed by atoms with Gasteiger partial charge in [-0.1, -0.05) is 54.6 Å². The quantitative estimate of drug-likeness (QED) is 0.258. The Bertz CT molecular complexity index is 1580. The molecule has 188 valence electrons. The van der Waals surface area contributed by atoms with Crippen molar-refractivity contribution < 1.29 is 4.79 Å². The van der Waals surface area contributed by atoms with Gasteiger partial charge >= 0.3 is 0 Å². The smallest absolute Gasteiger partial charge is 0.226 e. The summed E-state index contributed by atoms with van der Waals surface area (Å²) < 4.78 is 2.21. The van der Waals surface area contributed by atoms with E-state index in [-0.39, 0.29) is 18.0 Å². The van der Waals surface area contributed by atoms with Crippen molar-refractivity contribution in [1.82, 2.24) is 19.8 Å². The average Bonchev–Trinajstić information content (AvgIpc) is 3.57. The Balaban J connectivity index is 1.33. The lowest BCUT2D eigenvalue weighted by Crippen LogP contribution is -2.33. The van der Waals surface area contributed by atoms with Crippen LogP contribution in [0, 0.1) is 0 Å². The van der Waals surface area contributed by atoms with Gasteiger partial charge in [-0.25, -0.2) is 0 Å². The van der Waals surface area contributed by atoms with Crippen LogP contribution in [0.3, 0.4) is 0 Å². The first-order valence-electron chi connectivity index (χ1n) is 12.7. The van der Waals surface area contributed by atoms with Gasteiger partial charge < -0.3 is 20.1 Å². The molecule has 1 saturated heterocycles. The van der Waals surface area contributed by atoms with Crippen LogP contribution in [0.4, 0.5) is 5.69 Å². The van der Waals surface area contributed by atoms with Crippen molar-refractivity contribution >= 4 is 39.7 Å². The standard InChI is InChI=1S/C31H27N5OS/c37-28(33-24-11-2-1-3-12-24)17-20-36-30(29(34-31(36)38)26-13-6-7-18-32-26)27-14-8-19-35(27)25-16-15-22-9-4-5-10-23(22)21-25/h1-16,18-19,21,29-30H,17,20H2,(H,33,37)(H,34,38). The van der Waals surface area contributed by atoms with E-state index in [4.69, 9.17) is 12.2 Å². The van der Waals surface area contributed by atoms with E-state index in [1.807, 2.05) is 48.5 Å². The second-order valence-electron chi connectivity index (χ2n) is 9.32. The Hall–Kier alpha value is -4.49. The highest BCUT2D eigenvalue weighted by Gasteiger charge is 2.41. The van der Waals surface area contributed by atoms with Crippen molar-refractivity contribution in [2.75, 3.05) is 11.9 Å². The van der Waals surface area contributed by atoms with Crippen LogP contribution < -0.4 is 10.6 Å². The molecule has 0 spiro atoms. The number of benzene rings is 3. The summed E-state index contributed by atoms with van der Waals surface area (Å²) in [6, 6.07) is 34.1. The summed E-state index contributed by atoms with van der Waals surface area (Å²) in [5.74, 6) is -0.0519. The first-order chi connectivity index (χ1) is 18.7. The third-order valence-corrected chi connectivity index (χ3v) is 7.28. The van der Waals surface area contributed by atoms with E-state index in [2.05, 4.69) is 85.9 Å². The molecule has 38 heavy (non-hydrogen) atoms. The van der Waals surface area contributed by atoms with Gasteiger partial charge in [-0.2, -0.15) is 0 Å². The Labute approximate surface area is 226 Å². The number of fused-ring (bicyclic) bond motifs is 1. The van der Waals surface area contributed by atoms with Crippen LogP contribution in [0.5, 0.6) is 0 Å². The summed E-state index contributed by atoms with van der Waals surface area (Å²) in [7, 11) is 0. The summed E-state index contributed by atoms with van der Waals surface area (Å²) in [6.07, 6.45) is 4.19. The molecule has 6 rings (SSSR count). The molecule has 0 saturated carbocycles. The fourth-order valence-electron chi connectivity index (χ4n) is 5.13. The van der Waals surface area contributed by atoms with Crippen molar-refractivity contribution in [1.29, 1.82) is 0 Å². The molecule has 1 fully saturated rings. The fraction of sp³-hybridized carbons (Fsp3) is 0.129. The minimum Gasteiger partial charge on any atom is -0.352 e. The molecular weight excluding hydrogens is 490 g/mol. The average molecular weight is 518 g/mol. The minimum absolute atomic E-state index is 0.0519. The molecule has 0 aliphatic carbocycles. The zero-order chi connectivity index (χ0) is 25.9. The highest BCUT2D eigenvalue weighted by atomic mass is 32.1. The molecule has 1 aliphatic rings. The van der Waals surface area contributed by atoms with Crippen LogP contribution in [-0.2, 0) is 4.79 Å².